The normalized spacial score (nSPS) is 27.9. The van der Waals surface area contributed by atoms with Gasteiger partial charge in [0.2, 0.25) is 5.79 Å². The Kier molecular flexibility index (Phi) is 8.66. The minimum absolute atomic E-state index is 0.129. The maximum atomic E-state index is 10.6. The molecule has 1 saturated heterocycles. The van der Waals surface area contributed by atoms with E-state index in [1.165, 1.54) is 0 Å². The zero-order valence-electron chi connectivity index (χ0n) is 17.6. The molecule has 1 aliphatic heterocycles. The minimum Gasteiger partial charge on any atom is -0.488 e. The fraction of sp³-hybridized carbons (Fsp3) is 0.542. The predicted molar refractivity (Wildman–Crippen MR) is 115 cm³/mol. The lowest BCUT2D eigenvalue weighted by Gasteiger charge is -2.26. The summed E-state index contributed by atoms with van der Waals surface area (Å²) in [6, 6.07) is 9.43. The fourth-order valence-electron chi connectivity index (χ4n) is 4.11. The lowest BCUT2D eigenvalue weighted by Crippen LogP contribution is -2.35. The molecule has 1 aliphatic carbocycles. The topological polar surface area (TPSA) is 105 Å². The summed E-state index contributed by atoms with van der Waals surface area (Å²) in [5, 5.41) is 29.6. The SMILES string of the molecule is O=C(O)CCCC=CCC1C(O)CC(O)[C@@H]1C=CC1(COc2ccccc2)OCCO1. The first-order chi connectivity index (χ1) is 15.0. The summed E-state index contributed by atoms with van der Waals surface area (Å²) in [6.45, 7) is 1.11. The second-order valence-electron chi connectivity index (χ2n) is 8.07. The highest BCUT2D eigenvalue weighted by atomic mass is 16.8. The van der Waals surface area contributed by atoms with Crippen LogP contribution in [-0.2, 0) is 14.3 Å². The molecule has 1 heterocycles. The first-order valence-electron chi connectivity index (χ1n) is 10.9. The molecule has 0 amide bonds. The summed E-state index contributed by atoms with van der Waals surface area (Å²) in [5.41, 5.74) is 0. The number of hydrogen-bond acceptors (Lipinski definition) is 6. The van der Waals surface area contributed by atoms with E-state index < -0.39 is 24.0 Å². The van der Waals surface area contributed by atoms with Crippen molar-refractivity contribution in [1.29, 1.82) is 0 Å². The summed E-state index contributed by atoms with van der Waals surface area (Å²) < 4.78 is 17.5. The Morgan fingerprint density at radius 3 is 2.58 bits per heavy atom. The molecular formula is C24H32O7. The number of aliphatic carboxylic acids is 1. The van der Waals surface area contributed by atoms with Crippen molar-refractivity contribution >= 4 is 5.97 Å². The second kappa shape index (κ2) is 11.4. The van der Waals surface area contributed by atoms with E-state index in [1.807, 2.05) is 48.6 Å². The average Bonchev–Trinajstić information content (AvgIpc) is 3.32. The first-order valence-corrected chi connectivity index (χ1v) is 10.9. The lowest BCUT2D eigenvalue weighted by molar-refractivity contribution is -0.139. The van der Waals surface area contributed by atoms with E-state index in [2.05, 4.69) is 0 Å². The van der Waals surface area contributed by atoms with E-state index in [1.54, 1.807) is 6.08 Å². The number of benzene rings is 1. The Morgan fingerprint density at radius 2 is 1.87 bits per heavy atom. The van der Waals surface area contributed by atoms with Gasteiger partial charge in [-0.05, 0) is 43.4 Å². The number of unbranched alkanes of at least 4 members (excludes halogenated alkanes) is 1. The Hall–Kier alpha value is -2.19. The van der Waals surface area contributed by atoms with Gasteiger partial charge in [0.25, 0.3) is 0 Å². The van der Waals surface area contributed by atoms with Gasteiger partial charge in [-0.3, -0.25) is 4.79 Å². The van der Waals surface area contributed by atoms with Crippen molar-refractivity contribution in [3.05, 3.63) is 54.6 Å². The van der Waals surface area contributed by atoms with Crippen molar-refractivity contribution in [3.8, 4) is 5.75 Å². The largest absolute Gasteiger partial charge is 0.488 e. The number of hydrogen-bond donors (Lipinski definition) is 3. The van der Waals surface area contributed by atoms with Crippen LogP contribution >= 0.6 is 0 Å². The van der Waals surface area contributed by atoms with Gasteiger partial charge in [-0.2, -0.15) is 0 Å². The van der Waals surface area contributed by atoms with Gasteiger partial charge in [-0.1, -0.05) is 36.4 Å². The summed E-state index contributed by atoms with van der Waals surface area (Å²) in [7, 11) is 0. The molecule has 1 saturated carbocycles. The number of ether oxygens (including phenoxy) is 3. The van der Waals surface area contributed by atoms with Gasteiger partial charge >= 0.3 is 5.97 Å². The van der Waals surface area contributed by atoms with E-state index >= 15 is 0 Å². The van der Waals surface area contributed by atoms with Crippen LogP contribution in [0, 0.1) is 11.8 Å². The van der Waals surface area contributed by atoms with Gasteiger partial charge in [0.05, 0.1) is 25.4 Å². The van der Waals surface area contributed by atoms with Crippen LogP contribution in [0.4, 0.5) is 0 Å². The van der Waals surface area contributed by atoms with Gasteiger partial charge in [0, 0.05) is 18.8 Å². The molecular weight excluding hydrogens is 400 g/mol. The predicted octanol–water partition coefficient (Wildman–Crippen LogP) is 2.92. The van der Waals surface area contributed by atoms with Crippen molar-refractivity contribution in [2.45, 2.75) is 50.1 Å². The monoisotopic (exact) mass is 432 g/mol. The van der Waals surface area contributed by atoms with Crippen LogP contribution in [0.15, 0.2) is 54.6 Å². The Morgan fingerprint density at radius 1 is 1.13 bits per heavy atom. The average molecular weight is 433 g/mol. The third-order valence-electron chi connectivity index (χ3n) is 5.78. The fourth-order valence-corrected chi connectivity index (χ4v) is 4.11. The standard InChI is InChI=1S/C24H32O7/c25-21-16-22(26)20(19(21)10-6-1-2-7-11-23(27)28)12-13-24(30-14-15-31-24)17-29-18-8-4-3-5-9-18/h1,3-6,8-9,12-13,19-22,25-26H,2,7,10-11,14-17H2,(H,27,28)/t19?,20-,21?,22?/m1/s1. The molecule has 0 spiro atoms. The highest BCUT2D eigenvalue weighted by molar-refractivity contribution is 5.66. The second-order valence-corrected chi connectivity index (χ2v) is 8.07. The van der Waals surface area contributed by atoms with E-state index in [0.29, 0.717) is 38.9 Å². The van der Waals surface area contributed by atoms with Gasteiger partial charge in [0.15, 0.2) is 0 Å². The minimum atomic E-state index is -1.01. The molecule has 4 atom stereocenters. The number of carbonyl (C=O) groups is 1. The van der Waals surface area contributed by atoms with Crippen LogP contribution < -0.4 is 4.74 Å². The summed E-state index contributed by atoms with van der Waals surface area (Å²) in [4.78, 5) is 10.6. The Bertz CT molecular complexity index is 740. The third-order valence-corrected chi connectivity index (χ3v) is 5.78. The molecule has 1 aromatic carbocycles. The lowest BCUT2D eigenvalue weighted by atomic mass is 9.89. The number of allylic oxidation sites excluding steroid dienone is 2. The maximum absolute atomic E-state index is 10.6. The first kappa shape index (κ1) is 23.5. The number of rotatable bonds is 11. The van der Waals surface area contributed by atoms with Crippen LogP contribution in [0.1, 0.15) is 32.1 Å². The molecule has 2 fully saturated rings. The maximum Gasteiger partial charge on any atom is 0.303 e. The molecule has 7 heteroatoms. The van der Waals surface area contributed by atoms with Crippen LogP contribution in [0.3, 0.4) is 0 Å². The van der Waals surface area contributed by atoms with E-state index in [9.17, 15) is 15.0 Å². The van der Waals surface area contributed by atoms with Crippen LogP contribution in [0.25, 0.3) is 0 Å². The molecule has 2 aliphatic rings. The van der Waals surface area contributed by atoms with Crippen LogP contribution in [0.5, 0.6) is 5.75 Å². The highest BCUT2D eigenvalue weighted by Crippen LogP contribution is 2.37. The zero-order valence-corrected chi connectivity index (χ0v) is 17.6. The number of para-hydroxylation sites is 1. The quantitative estimate of drug-likeness (QED) is 0.365. The third kappa shape index (κ3) is 6.90. The number of aliphatic hydroxyl groups is 2. The number of aliphatic hydroxyl groups excluding tert-OH is 2. The van der Waals surface area contributed by atoms with E-state index in [0.717, 1.165) is 5.75 Å². The smallest absolute Gasteiger partial charge is 0.303 e. The Labute approximate surface area is 182 Å². The van der Waals surface area contributed by atoms with Crippen LogP contribution in [0.2, 0.25) is 0 Å². The van der Waals surface area contributed by atoms with Crippen LogP contribution in [-0.4, -0.2) is 59.1 Å². The van der Waals surface area contributed by atoms with Crippen molar-refractivity contribution in [2.24, 2.45) is 11.8 Å². The van der Waals surface area contributed by atoms with Gasteiger partial charge < -0.3 is 29.5 Å². The molecule has 0 aromatic heterocycles. The zero-order chi connectivity index (χ0) is 22.1. The van der Waals surface area contributed by atoms with Crippen molar-refractivity contribution in [3.63, 3.8) is 0 Å². The molecule has 3 rings (SSSR count). The molecule has 31 heavy (non-hydrogen) atoms. The van der Waals surface area contributed by atoms with E-state index in [4.69, 9.17) is 19.3 Å². The molecule has 1 aromatic rings. The molecule has 3 unspecified atom stereocenters. The molecule has 7 nitrogen and oxygen atoms in total. The number of carboxylic acids is 1. The molecule has 0 bridgehead atoms. The Balaban J connectivity index is 1.59. The summed E-state index contributed by atoms with van der Waals surface area (Å²) in [5.74, 6) is -1.46. The van der Waals surface area contributed by atoms with Gasteiger partial charge in [-0.25, -0.2) is 0 Å². The molecule has 170 valence electrons. The van der Waals surface area contributed by atoms with Crippen molar-refractivity contribution in [2.75, 3.05) is 19.8 Å². The van der Waals surface area contributed by atoms with Crippen molar-refractivity contribution in [1.82, 2.24) is 0 Å². The van der Waals surface area contributed by atoms with E-state index in [-0.39, 0.29) is 24.9 Å². The molecule has 0 radical (unpaired) electrons. The molecule has 3 N–H and O–H groups in total. The number of carboxylic acid groups (broad SMARTS) is 1. The summed E-state index contributed by atoms with van der Waals surface area (Å²) in [6.07, 6.45) is 8.68. The highest BCUT2D eigenvalue weighted by Gasteiger charge is 2.41. The summed E-state index contributed by atoms with van der Waals surface area (Å²) >= 11 is 0. The van der Waals surface area contributed by atoms with Gasteiger partial charge in [0.1, 0.15) is 12.4 Å². The van der Waals surface area contributed by atoms with Gasteiger partial charge in [-0.15, -0.1) is 0 Å². The van der Waals surface area contributed by atoms with Crippen molar-refractivity contribution < 1.29 is 34.3 Å².